The number of hydrogen-bond acceptors (Lipinski definition) is 3. The molecule has 0 aromatic carbocycles. The Morgan fingerprint density at radius 2 is 1.64 bits per heavy atom. The van der Waals surface area contributed by atoms with Crippen LogP contribution in [-0.4, -0.2) is 37.6 Å². The van der Waals surface area contributed by atoms with E-state index in [1.165, 1.54) is 0 Å². The summed E-state index contributed by atoms with van der Waals surface area (Å²) in [5.41, 5.74) is 0.172. The highest BCUT2D eigenvalue weighted by Crippen LogP contribution is 2.47. The standard InChI is InChI=1S/C11H21NO2/c1-9(2,3)11-12(5)6-10(4,7-13-11)8-14-11/h6-8H2,1-5H3. The van der Waals surface area contributed by atoms with Crippen molar-refractivity contribution in [2.45, 2.75) is 33.6 Å². The zero-order valence-electron chi connectivity index (χ0n) is 9.89. The summed E-state index contributed by atoms with van der Waals surface area (Å²) in [5, 5.41) is 0. The molecule has 0 aromatic heterocycles. The summed E-state index contributed by atoms with van der Waals surface area (Å²) < 4.78 is 11.9. The molecule has 3 fully saturated rings. The van der Waals surface area contributed by atoms with E-state index in [2.05, 4.69) is 39.6 Å². The SMILES string of the molecule is CN1CC2(C)COC1(C(C)(C)C)OC2. The zero-order chi connectivity index (χ0) is 10.6. The van der Waals surface area contributed by atoms with Gasteiger partial charge in [-0.3, -0.25) is 4.90 Å². The van der Waals surface area contributed by atoms with Crippen LogP contribution in [0.15, 0.2) is 0 Å². The molecule has 0 saturated carbocycles. The van der Waals surface area contributed by atoms with Crippen LogP contribution in [0.2, 0.25) is 0 Å². The van der Waals surface area contributed by atoms with E-state index in [0.717, 1.165) is 19.8 Å². The van der Waals surface area contributed by atoms with Gasteiger partial charge in [-0.15, -0.1) is 0 Å². The van der Waals surface area contributed by atoms with Crippen LogP contribution in [0.4, 0.5) is 0 Å². The normalized spacial score (nSPS) is 44.4. The van der Waals surface area contributed by atoms with Gasteiger partial charge in [-0.25, -0.2) is 0 Å². The van der Waals surface area contributed by atoms with E-state index >= 15 is 0 Å². The van der Waals surface area contributed by atoms with Crippen LogP contribution in [0.1, 0.15) is 27.7 Å². The maximum absolute atomic E-state index is 5.95. The molecule has 0 aliphatic carbocycles. The molecule has 3 heterocycles. The Bertz CT molecular complexity index is 236. The predicted molar refractivity (Wildman–Crippen MR) is 54.8 cm³/mol. The lowest BCUT2D eigenvalue weighted by atomic mass is 9.81. The predicted octanol–water partition coefficient (Wildman–Crippen LogP) is 1.68. The number of fused-ring (bicyclic) bond motifs is 3. The van der Waals surface area contributed by atoms with Crippen LogP contribution >= 0.6 is 0 Å². The minimum absolute atomic E-state index is 0.0104. The van der Waals surface area contributed by atoms with Gasteiger partial charge in [0.2, 0.25) is 5.91 Å². The molecule has 0 spiro atoms. The molecule has 0 atom stereocenters. The molecule has 0 N–H and O–H groups in total. The van der Waals surface area contributed by atoms with Crippen molar-refractivity contribution in [3.8, 4) is 0 Å². The molecular formula is C11H21NO2. The van der Waals surface area contributed by atoms with Gasteiger partial charge >= 0.3 is 0 Å². The summed E-state index contributed by atoms with van der Waals surface area (Å²) in [7, 11) is 2.09. The number of rotatable bonds is 0. The molecule has 0 radical (unpaired) electrons. The van der Waals surface area contributed by atoms with E-state index in [-0.39, 0.29) is 10.8 Å². The third kappa shape index (κ3) is 1.23. The molecule has 0 amide bonds. The highest BCUT2D eigenvalue weighted by molar-refractivity contribution is 4.96. The van der Waals surface area contributed by atoms with Crippen molar-refractivity contribution in [1.82, 2.24) is 4.90 Å². The molecule has 0 unspecified atom stereocenters. The van der Waals surface area contributed by atoms with Crippen molar-refractivity contribution < 1.29 is 9.47 Å². The third-order valence-electron chi connectivity index (χ3n) is 3.30. The molecule has 3 heteroatoms. The van der Waals surface area contributed by atoms with Crippen molar-refractivity contribution in [3.05, 3.63) is 0 Å². The first kappa shape index (κ1) is 10.4. The van der Waals surface area contributed by atoms with Crippen LogP contribution < -0.4 is 0 Å². The minimum atomic E-state index is -0.509. The second-order valence-corrected chi connectivity index (χ2v) is 6.08. The summed E-state index contributed by atoms with van der Waals surface area (Å²) >= 11 is 0. The van der Waals surface area contributed by atoms with Crippen molar-refractivity contribution in [2.75, 3.05) is 26.8 Å². The Balaban J connectivity index is 2.30. The molecule has 3 nitrogen and oxygen atoms in total. The van der Waals surface area contributed by atoms with E-state index in [9.17, 15) is 0 Å². The molecule has 14 heavy (non-hydrogen) atoms. The molecule has 3 aliphatic rings. The maximum Gasteiger partial charge on any atom is 0.234 e. The summed E-state index contributed by atoms with van der Waals surface area (Å²) in [6.45, 7) is 11.4. The Hall–Kier alpha value is -0.120. The Kier molecular flexibility index (Phi) is 2.02. The second-order valence-electron chi connectivity index (χ2n) is 6.08. The summed E-state index contributed by atoms with van der Waals surface area (Å²) in [5.74, 6) is -0.509. The zero-order valence-corrected chi connectivity index (χ0v) is 9.89. The van der Waals surface area contributed by atoms with Gasteiger partial charge in [0, 0.05) is 17.4 Å². The van der Waals surface area contributed by atoms with Crippen molar-refractivity contribution in [1.29, 1.82) is 0 Å². The van der Waals surface area contributed by atoms with Crippen molar-refractivity contribution >= 4 is 0 Å². The summed E-state index contributed by atoms with van der Waals surface area (Å²) in [6.07, 6.45) is 0. The van der Waals surface area contributed by atoms with Gasteiger partial charge in [-0.1, -0.05) is 27.7 Å². The van der Waals surface area contributed by atoms with Gasteiger partial charge in [0.15, 0.2) is 0 Å². The van der Waals surface area contributed by atoms with Crippen LogP contribution in [0.3, 0.4) is 0 Å². The van der Waals surface area contributed by atoms with Gasteiger partial charge < -0.3 is 9.47 Å². The lowest BCUT2D eigenvalue weighted by molar-refractivity contribution is -0.436. The van der Waals surface area contributed by atoms with E-state index < -0.39 is 5.91 Å². The average Bonchev–Trinajstić information content (AvgIpc) is 2.01. The fourth-order valence-electron chi connectivity index (χ4n) is 2.62. The van der Waals surface area contributed by atoms with E-state index in [1.54, 1.807) is 0 Å². The second kappa shape index (κ2) is 2.71. The Morgan fingerprint density at radius 1 is 1.14 bits per heavy atom. The van der Waals surface area contributed by atoms with Gasteiger partial charge in [-0.05, 0) is 7.05 Å². The molecule has 3 saturated heterocycles. The van der Waals surface area contributed by atoms with Crippen molar-refractivity contribution in [2.24, 2.45) is 10.8 Å². The lowest BCUT2D eigenvalue weighted by Gasteiger charge is -2.60. The quantitative estimate of drug-likeness (QED) is 0.592. The van der Waals surface area contributed by atoms with Gasteiger partial charge in [0.05, 0.1) is 13.2 Å². The Labute approximate surface area is 86.4 Å². The number of ether oxygens (including phenoxy) is 2. The Morgan fingerprint density at radius 3 is 2.00 bits per heavy atom. The molecule has 3 rings (SSSR count). The first-order valence-corrected chi connectivity index (χ1v) is 5.28. The highest BCUT2D eigenvalue weighted by atomic mass is 16.7. The van der Waals surface area contributed by atoms with Gasteiger partial charge in [0.25, 0.3) is 0 Å². The third-order valence-corrected chi connectivity index (χ3v) is 3.30. The molecule has 82 valence electrons. The number of hydrogen-bond donors (Lipinski definition) is 0. The van der Waals surface area contributed by atoms with Gasteiger partial charge in [-0.2, -0.15) is 0 Å². The first-order chi connectivity index (χ1) is 6.29. The molecular weight excluding hydrogens is 178 g/mol. The van der Waals surface area contributed by atoms with E-state index in [4.69, 9.17) is 9.47 Å². The fraction of sp³-hybridized carbons (Fsp3) is 1.00. The summed E-state index contributed by atoms with van der Waals surface area (Å²) in [4.78, 5) is 2.21. The lowest BCUT2D eigenvalue weighted by Crippen LogP contribution is -2.71. The molecule has 3 aliphatic heterocycles. The first-order valence-electron chi connectivity index (χ1n) is 5.28. The molecule has 2 bridgehead atoms. The van der Waals surface area contributed by atoms with Crippen LogP contribution in [0.5, 0.6) is 0 Å². The van der Waals surface area contributed by atoms with Crippen LogP contribution in [-0.2, 0) is 9.47 Å². The fourth-order valence-corrected chi connectivity index (χ4v) is 2.62. The largest absolute Gasteiger partial charge is 0.336 e. The smallest absolute Gasteiger partial charge is 0.234 e. The summed E-state index contributed by atoms with van der Waals surface area (Å²) in [6, 6.07) is 0. The molecule has 0 aromatic rings. The topological polar surface area (TPSA) is 21.7 Å². The van der Waals surface area contributed by atoms with E-state index in [1.807, 2.05) is 0 Å². The van der Waals surface area contributed by atoms with Crippen LogP contribution in [0.25, 0.3) is 0 Å². The monoisotopic (exact) mass is 199 g/mol. The van der Waals surface area contributed by atoms with E-state index in [0.29, 0.717) is 0 Å². The van der Waals surface area contributed by atoms with Crippen molar-refractivity contribution in [3.63, 3.8) is 0 Å². The van der Waals surface area contributed by atoms with Crippen LogP contribution in [0, 0.1) is 10.8 Å². The average molecular weight is 199 g/mol. The van der Waals surface area contributed by atoms with Gasteiger partial charge in [0.1, 0.15) is 0 Å². The highest BCUT2D eigenvalue weighted by Gasteiger charge is 2.58. The minimum Gasteiger partial charge on any atom is -0.336 e. The number of nitrogens with zero attached hydrogens (tertiary/aromatic N) is 1. The maximum atomic E-state index is 5.95.